The van der Waals surface area contributed by atoms with Crippen molar-refractivity contribution in [2.75, 3.05) is 0 Å². The summed E-state index contributed by atoms with van der Waals surface area (Å²) < 4.78 is 7.89. The van der Waals surface area contributed by atoms with E-state index >= 15 is 0 Å². The Hall–Kier alpha value is -4.49. The zero-order valence-electron chi connectivity index (χ0n) is 18.4. The molecule has 35 heavy (non-hydrogen) atoms. The number of halogens is 1. The quantitative estimate of drug-likeness (QED) is 0.204. The van der Waals surface area contributed by atoms with Crippen LogP contribution in [-0.4, -0.2) is 25.8 Å². The second-order valence-corrected chi connectivity index (χ2v) is 8.20. The molecule has 6 rings (SSSR count). The maximum Gasteiger partial charge on any atom is 0.232 e. The normalized spacial score (nSPS) is 11.6. The van der Waals surface area contributed by atoms with Gasteiger partial charge in [-0.25, -0.2) is 14.5 Å². The van der Waals surface area contributed by atoms with E-state index in [9.17, 15) is 0 Å². The highest BCUT2D eigenvalue weighted by Crippen LogP contribution is 2.41. The minimum absolute atomic E-state index is 0.0915. The van der Waals surface area contributed by atoms with E-state index in [-0.39, 0.29) is 6.61 Å². The first-order chi connectivity index (χ1) is 17.3. The highest BCUT2D eigenvalue weighted by Gasteiger charge is 2.22. The van der Waals surface area contributed by atoms with E-state index < -0.39 is 0 Å². The molecule has 0 N–H and O–H groups in total. The zero-order chi connectivity index (χ0) is 23.6. The Bertz CT molecular complexity index is 1660. The summed E-state index contributed by atoms with van der Waals surface area (Å²) in [5.74, 6) is 1.20. The van der Waals surface area contributed by atoms with Gasteiger partial charge in [0.1, 0.15) is 12.1 Å². The molecule has 170 valence electrons. The van der Waals surface area contributed by atoms with Crippen LogP contribution in [0.1, 0.15) is 11.4 Å². The van der Waals surface area contributed by atoms with Gasteiger partial charge in [0.15, 0.2) is 18.1 Å². The molecule has 3 heterocycles. The summed E-state index contributed by atoms with van der Waals surface area (Å²) >= 11 is 6.15. The second kappa shape index (κ2) is 9.04. The summed E-state index contributed by atoms with van der Waals surface area (Å²) in [5.41, 5.74) is 4.77. The summed E-state index contributed by atoms with van der Waals surface area (Å²) in [4.78, 5) is 14.7. The Morgan fingerprint density at radius 3 is 2.40 bits per heavy atom. The molecular weight excluding hydrogens is 462 g/mol. The summed E-state index contributed by atoms with van der Waals surface area (Å²) in [6.07, 6.45) is 3.15. The van der Waals surface area contributed by atoms with Crippen LogP contribution in [0.25, 0.3) is 39.2 Å². The van der Waals surface area contributed by atoms with E-state index in [0.717, 1.165) is 33.4 Å². The highest BCUT2D eigenvalue weighted by molar-refractivity contribution is 6.33. The van der Waals surface area contributed by atoms with Crippen LogP contribution < -0.4 is 0 Å². The van der Waals surface area contributed by atoms with Crippen molar-refractivity contribution < 1.29 is 9.25 Å². The molecule has 0 saturated heterocycles. The minimum Gasteiger partial charge on any atom is -0.437 e. The smallest absolute Gasteiger partial charge is 0.232 e. The van der Waals surface area contributed by atoms with Gasteiger partial charge in [-0.3, -0.25) is 0 Å². The average molecular weight is 480 g/mol. The van der Waals surface area contributed by atoms with Crippen molar-refractivity contribution in [3.05, 3.63) is 108 Å². The Kier molecular flexibility index (Phi) is 5.44. The van der Waals surface area contributed by atoms with Crippen LogP contribution in [0.2, 0.25) is 5.02 Å². The maximum absolute atomic E-state index is 6.26. The Labute approximate surface area is 205 Å². The first-order valence-electron chi connectivity index (χ1n) is 11.0. The third-order valence-electron chi connectivity index (χ3n) is 5.54. The molecule has 0 aliphatic heterocycles. The first kappa shape index (κ1) is 21.1. The highest BCUT2D eigenvalue weighted by atomic mass is 35.5. The standard InChI is InChI=1S/C27H18ClN5O2/c28-21-14-8-7-13-20(21)15-30-34-16-22-31-26-24-23(18-9-3-1-4-10-18)25(19-11-5-2-6-12-19)35-27(24)29-17-33(26)32-22/h1-15,17H,16H2/b30-15-. The van der Waals surface area contributed by atoms with Crippen LogP contribution >= 0.6 is 11.6 Å². The van der Waals surface area contributed by atoms with Crippen molar-refractivity contribution in [3.8, 4) is 22.5 Å². The molecule has 0 saturated carbocycles. The van der Waals surface area contributed by atoms with Crippen molar-refractivity contribution in [3.63, 3.8) is 0 Å². The lowest BCUT2D eigenvalue weighted by Gasteiger charge is -2.03. The number of hydrogen-bond donors (Lipinski definition) is 0. The van der Waals surface area contributed by atoms with E-state index in [1.165, 1.54) is 0 Å². The predicted molar refractivity (Wildman–Crippen MR) is 135 cm³/mol. The molecule has 0 bridgehead atoms. The number of hydrogen-bond acceptors (Lipinski definition) is 6. The Morgan fingerprint density at radius 2 is 1.63 bits per heavy atom. The first-order valence-corrected chi connectivity index (χ1v) is 11.3. The molecule has 0 amide bonds. The predicted octanol–water partition coefficient (Wildman–Crippen LogP) is 6.41. The molecule has 0 aliphatic carbocycles. The Morgan fingerprint density at radius 1 is 0.914 bits per heavy atom. The van der Waals surface area contributed by atoms with Gasteiger partial charge in [0, 0.05) is 21.7 Å². The van der Waals surface area contributed by atoms with Crippen LogP contribution in [0.4, 0.5) is 0 Å². The number of aromatic nitrogens is 4. The minimum atomic E-state index is 0.0915. The molecule has 3 aromatic carbocycles. The van der Waals surface area contributed by atoms with E-state index in [2.05, 4.69) is 15.2 Å². The number of benzene rings is 3. The average Bonchev–Trinajstić information content (AvgIpc) is 3.50. The van der Waals surface area contributed by atoms with Crippen LogP contribution in [0.15, 0.2) is 101 Å². The van der Waals surface area contributed by atoms with Crippen LogP contribution in [0, 0.1) is 0 Å². The number of fused-ring (bicyclic) bond motifs is 3. The zero-order valence-corrected chi connectivity index (χ0v) is 19.1. The van der Waals surface area contributed by atoms with E-state index in [4.69, 9.17) is 25.8 Å². The molecule has 7 nitrogen and oxygen atoms in total. The number of rotatable bonds is 6. The summed E-state index contributed by atoms with van der Waals surface area (Å²) in [7, 11) is 0. The lowest BCUT2D eigenvalue weighted by molar-refractivity contribution is 0.126. The fourth-order valence-corrected chi connectivity index (χ4v) is 4.13. The summed E-state index contributed by atoms with van der Waals surface area (Å²) in [6.45, 7) is 0.0915. The lowest BCUT2D eigenvalue weighted by Crippen LogP contribution is -1.93. The van der Waals surface area contributed by atoms with Gasteiger partial charge in [-0.15, -0.1) is 5.10 Å². The molecular formula is C27H18ClN5O2. The topological polar surface area (TPSA) is 77.8 Å². The van der Waals surface area contributed by atoms with Crippen molar-refractivity contribution in [1.29, 1.82) is 0 Å². The van der Waals surface area contributed by atoms with E-state index in [0.29, 0.717) is 22.2 Å². The van der Waals surface area contributed by atoms with Gasteiger partial charge in [-0.05, 0) is 11.6 Å². The molecule has 0 unspecified atom stereocenters. The van der Waals surface area contributed by atoms with Crippen molar-refractivity contribution in [1.82, 2.24) is 19.6 Å². The summed E-state index contributed by atoms with van der Waals surface area (Å²) in [5, 5.41) is 9.91. The van der Waals surface area contributed by atoms with Gasteiger partial charge >= 0.3 is 0 Å². The molecule has 0 fully saturated rings. The van der Waals surface area contributed by atoms with Crippen LogP contribution in [-0.2, 0) is 11.4 Å². The molecule has 0 aliphatic rings. The van der Waals surface area contributed by atoms with E-state index in [1.54, 1.807) is 23.1 Å². The molecule has 6 aromatic rings. The number of oxime groups is 1. The fraction of sp³-hybridized carbons (Fsp3) is 0.0370. The largest absolute Gasteiger partial charge is 0.437 e. The van der Waals surface area contributed by atoms with Gasteiger partial charge in [0.2, 0.25) is 5.71 Å². The molecule has 0 atom stereocenters. The lowest BCUT2D eigenvalue weighted by atomic mass is 9.99. The van der Waals surface area contributed by atoms with Gasteiger partial charge in [-0.1, -0.05) is 95.6 Å². The van der Waals surface area contributed by atoms with Crippen molar-refractivity contribution in [2.24, 2.45) is 5.16 Å². The SMILES string of the molecule is Clc1ccccc1/C=N\OCc1nc2c3c(-c4ccccc4)c(-c4ccccc4)oc3ncn2n1. The van der Waals surface area contributed by atoms with Crippen LogP contribution in [0.3, 0.4) is 0 Å². The molecule has 0 spiro atoms. The Balaban J connectivity index is 1.41. The third kappa shape index (κ3) is 4.02. The van der Waals surface area contributed by atoms with Gasteiger partial charge in [0.25, 0.3) is 0 Å². The van der Waals surface area contributed by atoms with Crippen LogP contribution in [0.5, 0.6) is 0 Å². The summed E-state index contributed by atoms with van der Waals surface area (Å²) in [6, 6.07) is 27.4. The van der Waals surface area contributed by atoms with Gasteiger partial charge in [-0.2, -0.15) is 0 Å². The molecule has 8 heteroatoms. The fourth-order valence-electron chi connectivity index (χ4n) is 3.95. The van der Waals surface area contributed by atoms with Crippen molar-refractivity contribution >= 4 is 34.6 Å². The maximum atomic E-state index is 6.26. The number of nitrogens with zero attached hydrogens (tertiary/aromatic N) is 5. The van der Waals surface area contributed by atoms with Gasteiger partial charge < -0.3 is 9.25 Å². The van der Waals surface area contributed by atoms with Crippen molar-refractivity contribution in [2.45, 2.75) is 6.61 Å². The number of furan rings is 1. The molecule has 0 radical (unpaired) electrons. The third-order valence-corrected chi connectivity index (χ3v) is 5.88. The monoisotopic (exact) mass is 479 g/mol. The van der Waals surface area contributed by atoms with Gasteiger partial charge in [0.05, 0.1) is 11.6 Å². The second-order valence-electron chi connectivity index (χ2n) is 7.79. The molecule has 3 aromatic heterocycles. The van der Waals surface area contributed by atoms with E-state index in [1.807, 2.05) is 78.9 Å².